The molecule has 5 heteroatoms. The molecule has 1 amide bonds. The lowest BCUT2D eigenvalue weighted by molar-refractivity contribution is 0.146. The van der Waals surface area contributed by atoms with Gasteiger partial charge in [-0.1, -0.05) is 37.3 Å². The number of aliphatic hydroxyl groups excluding tert-OH is 1. The van der Waals surface area contributed by atoms with Crippen molar-refractivity contribution in [3.63, 3.8) is 0 Å². The molecule has 0 bridgehead atoms. The maximum absolute atomic E-state index is 11.5. The van der Waals surface area contributed by atoms with Crippen LogP contribution in [0.4, 0.5) is 4.79 Å². The van der Waals surface area contributed by atoms with Gasteiger partial charge in [0.15, 0.2) is 0 Å². The number of carbonyl (C=O) groups excluding carboxylic acids is 1. The first-order valence-electron chi connectivity index (χ1n) is 7.31. The fourth-order valence-electron chi connectivity index (χ4n) is 1.77. The summed E-state index contributed by atoms with van der Waals surface area (Å²) in [4.78, 5) is 11.5. The summed E-state index contributed by atoms with van der Waals surface area (Å²) in [5.74, 6) is 1.87. The summed E-state index contributed by atoms with van der Waals surface area (Å²) in [6, 6.07) is 10.1. The molecule has 2 atom stereocenters. The molecule has 0 heterocycles. The maximum atomic E-state index is 11.5. The SMILES string of the molecule is CC(O)CSCCCOC(=O)NCC(C)c1ccccc1. The van der Waals surface area contributed by atoms with Crippen LogP contribution in [0.25, 0.3) is 0 Å². The van der Waals surface area contributed by atoms with Crippen molar-refractivity contribution in [3.8, 4) is 0 Å². The van der Waals surface area contributed by atoms with Crippen molar-refractivity contribution in [2.45, 2.75) is 32.3 Å². The molecule has 1 rings (SSSR count). The predicted octanol–water partition coefficient (Wildman–Crippen LogP) is 3.02. The number of alkyl carbamates (subject to hydrolysis) is 1. The molecule has 2 unspecified atom stereocenters. The van der Waals surface area contributed by atoms with Crippen LogP contribution >= 0.6 is 11.8 Å². The third-order valence-electron chi connectivity index (χ3n) is 2.95. The van der Waals surface area contributed by atoms with Gasteiger partial charge in [0.05, 0.1) is 12.7 Å². The Labute approximate surface area is 131 Å². The second-order valence-electron chi connectivity index (χ2n) is 5.11. The van der Waals surface area contributed by atoms with Gasteiger partial charge in [0.2, 0.25) is 0 Å². The fraction of sp³-hybridized carbons (Fsp3) is 0.562. The second-order valence-corrected chi connectivity index (χ2v) is 6.26. The van der Waals surface area contributed by atoms with Crippen LogP contribution in [-0.4, -0.2) is 42.0 Å². The highest BCUT2D eigenvalue weighted by atomic mass is 32.2. The van der Waals surface area contributed by atoms with Gasteiger partial charge in [-0.25, -0.2) is 4.79 Å². The third kappa shape index (κ3) is 8.63. The van der Waals surface area contributed by atoms with Crippen molar-refractivity contribution in [3.05, 3.63) is 35.9 Å². The van der Waals surface area contributed by atoms with Gasteiger partial charge in [-0.3, -0.25) is 0 Å². The first-order valence-corrected chi connectivity index (χ1v) is 8.46. The fourth-order valence-corrected chi connectivity index (χ4v) is 2.60. The number of aliphatic hydroxyl groups is 1. The number of amides is 1. The molecule has 2 N–H and O–H groups in total. The zero-order valence-electron chi connectivity index (χ0n) is 12.7. The van der Waals surface area contributed by atoms with Gasteiger partial charge in [-0.15, -0.1) is 0 Å². The molecule has 118 valence electrons. The molecule has 0 radical (unpaired) electrons. The summed E-state index contributed by atoms with van der Waals surface area (Å²) in [6.45, 7) is 4.82. The van der Waals surface area contributed by atoms with E-state index in [0.717, 1.165) is 17.9 Å². The van der Waals surface area contributed by atoms with Gasteiger partial charge < -0.3 is 15.2 Å². The molecule has 4 nitrogen and oxygen atoms in total. The number of rotatable bonds is 9. The lowest BCUT2D eigenvalue weighted by Gasteiger charge is -2.13. The molecule has 0 saturated carbocycles. The maximum Gasteiger partial charge on any atom is 0.407 e. The van der Waals surface area contributed by atoms with E-state index in [1.807, 2.05) is 18.2 Å². The summed E-state index contributed by atoms with van der Waals surface area (Å²) in [5.41, 5.74) is 1.20. The number of thioether (sulfide) groups is 1. The minimum Gasteiger partial charge on any atom is -0.450 e. The van der Waals surface area contributed by atoms with E-state index in [9.17, 15) is 4.79 Å². The quantitative estimate of drug-likeness (QED) is 0.688. The van der Waals surface area contributed by atoms with E-state index in [1.165, 1.54) is 5.56 Å². The van der Waals surface area contributed by atoms with E-state index >= 15 is 0 Å². The summed E-state index contributed by atoms with van der Waals surface area (Å²) in [7, 11) is 0. The largest absolute Gasteiger partial charge is 0.450 e. The monoisotopic (exact) mass is 311 g/mol. The van der Waals surface area contributed by atoms with Crippen LogP contribution in [0.15, 0.2) is 30.3 Å². The van der Waals surface area contributed by atoms with E-state index in [2.05, 4.69) is 24.4 Å². The Morgan fingerprint density at radius 1 is 1.33 bits per heavy atom. The summed E-state index contributed by atoms with van der Waals surface area (Å²) in [6.07, 6.45) is 0.163. The molecule has 0 saturated heterocycles. The minimum atomic E-state index is -0.363. The van der Waals surface area contributed by atoms with Crippen molar-refractivity contribution in [2.24, 2.45) is 0 Å². The van der Waals surface area contributed by atoms with Crippen molar-refractivity contribution in [2.75, 3.05) is 24.7 Å². The number of carbonyl (C=O) groups is 1. The number of hydrogen-bond acceptors (Lipinski definition) is 4. The predicted molar refractivity (Wildman–Crippen MR) is 87.8 cm³/mol. The molecule has 21 heavy (non-hydrogen) atoms. The highest BCUT2D eigenvalue weighted by Crippen LogP contribution is 2.13. The Hall–Kier alpha value is -1.20. The van der Waals surface area contributed by atoms with Crippen molar-refractivity contribution in [1.82, 2.24) is 5.32 Å². The standard InChI is InChI=1S/C16H25NO3S/c1-13(15-7-4-3-5-8-15)11-17-16(19)20-9-6-10-21-12-14(2)18/h3-5,7-8,13-14,18H,6,9-12H2,1-2H3,(H,17,19). The van der Waals surface area contributed by atoms with E-state index in [-0.39, 0.29) is 18.1 Å². The van der Waals surface area contributed by atoms with Crippen molar-refractivity contribution >= 4 is 17.9 Å². The molecule has 1 aromatic carbocycles. The molecule has 0 aliphatic heterocycles. The highest BCUT2D eigenvalue weighted by molar-refractivity contribution is 7.99. The number of benzene rings is 1. The van der Waals surface area contributed by atoms with Crippen molar-refractivity contribution in [1.29, 1.82) is 0 Å². The van der Waals surface area contributed by atoms with Crippen LogP contribution < -0.4 is 5.32 Å². The van der Waals surface area contributed by atoms with E-state index in [1.54, 1.807) is 18.7 Å². The van der Waals surface area contributed by atoms with E-state index in [4.69, 9.17) is 9.84 Å². The third-order valence-corrected chi connectivity index (χ3v) is 4.24. The molecule has 0 fully saturated rings. The van der Waals surface area contributed by atoms with Crippen LogP contribution in [0.2, 0.25) is 0 Å². The van der Waals surface area contributed by atoms with Crippen molar-refractivity contribution < 1.29 is 14.6 Å². The van der Waals surface area contributed by atoms with Gasteiger partial charge in [-0.05, 0) is 30.6 Å². The van der Waals surface area contributed by atoms with Crippen LogP contribution in [0.3, 0.4) is 0 Å². The van der Waals surface area contributed by atoms with Gasteiger partial charge in [0, 0.05) is 12.3 Å². The average molecular weight is 311 g/mol. The molecule has 0 aliphatic rings. The number of nitrogens with one attached hydrogen (secondary N) is 1. The van der Waals surface area contributed by atoms with Crippen LogP contribution in [0.5, 0.6) is 0 Å². The Balaban J connectivity index is 2.06. The minimum absolute atomic E-state index is 0.264. The first-order chi connectivity index (χ1) is 10.1. The Bertz CT molecular complexity index is 398. The summed E-state index contributed by atoms with van der Waals surface area (Å²) >= 11 is 1.67. The Morgan fingerprint density at radius 3 is 2.71 bits per heavy atom. The Morgan fingerprint density at radius 2 is 2.05 bits per heavy atom. The second kappa shape index (κ2) is 10.5. The molecule has 0 spiro atoms. The molecule has 0 aliphatic carbocycles. The van der Waals surface area contributed by atoms with Crippen LogP contribution in [0, 0.1) is 0 Å². The van der Waals surface area contributed by atoms with Crippen LogP contribution in [0.1, 0.15) is 31.7 Å². The van der Waals surface area contributed by atoms with E-state index in [0.29, 0.717) is 13.2 Å². The number of hydrogen-bond donors (Lipinski definition) is 2. The van der Waals surface area contributed by atoms with Gasteiger partial charge >= 0.3 is 6.09 Å². The number of ether oxygens (including phenoxy) is 1. The zero-order valence-corrected chi connectivity index (χ0v) is 13.6. The van der Waals surface area contributed by atoms with E-state index < -0.39 is 0 Å². The molecule has 0 aromatic heterocycles. The lowest BCUT2D eigenvalue weighted by Crippen LogP contribution is -2.28. The molecular weight excluding hydrogens is 286 g/mol. The normalized spacial score (nSPS) is 13.5. The van der Waals surface area contributed by atoms with Crippen LogP contribution in [-0.2, 0) is 4.74 Å². The first kappa shape index (κ1) is 17.9. The van der Waals surface area contributed by atoms with Gasteiger partial charge in [0.1, 0.15) is 0 Å². The summed E-state index contributed by atoms with van der Waals surface area (Å²) in [5, 5.41) is 11.9. The zero-order chi connectivity index (χ0) is 15.5. The molecule has 1 aromatic rings. The Kier molecular flexibility index (Phi) is 8.94. The average Bonchev–Trinajstić information content (AvgIpc) is 2.49. The topological polar surface area (TPSA) is 58.6 Å². The van der Waals surface area contributed by atoms with Gasteiger partial charge in [0.25, 0.3) is 0 Å². The highest BCUT2D eigenvalue weighted by Gasteiger charge is 2.07. The molecular formula is C16H25NO3S. The lowest BCUT2D eigenvalue weighted by atomic mass is 10.0. The smallest absolute Gasteiger partial charge is 0.407 e. The van der Waals surface area contributed by atoms with Gasteiger partial charge in [-0.2, -0.15) is 11.8 Å². The summed E-state index contributed by atoms with van der Waals surface area (Å²) < 4.78 is 5.11.